The van der Waals surface area contributed by atoms with E-state index in [1.807, 2.05) is 60.7 Å². The second-order valence-electron chi connectivity index (χ2n) is 7.58. The molecule has 2 aromatic carbocycles. The first-order valence-corrected chi connectivity index (χ1v) is 11.1. The highest BCUT2D eigenvalue weighted by atomic mass is 32.2. The molecule has 2 aliphatic rings. The van der Waals surface area contributed by atoms with Crippen molar-refractivity contribution < 1.29 is 23.1 Å². The number of hydrogen-bond donors (Lipinski definition) is 2. The third kappa shape index (κ3) is 4.14. The quantitative estimate of drug-likeness (QED) is 0.723. The number of benzene rings is 2. The highest BCUT2D eigenvalue weighted by Gasteiger charge is 2.63. The molecular weight excluding hydrogens is 392 g/mol. The van der Waals surface area contributed by atoms with Gasteiger partial charge in [-0.3, -0.25) is 4.79 Å². The number of aliphatic carboxylic acids is 1. The van der Waals surface area contributed by atoms with Gasteiger partial charge in [-0.15, -0.1) is 0 Å². The molecule has 154 valence electrons. The summed E-state index contributed by atoms with van der Waals surface area (Å²) in [5.74, 6) is -0.743. The molecule has 2 N–H and O–H groups in total. The van der Waals surface area contributed by atoms with E-state index in [0.29, 0.717) is 25.9 Å². The van der Waals surface area contributed by atoms with Crippen LogP contribution in [0.15, 0.2) is 60.7 Å². The maximum absolute atomic E-state index is 12.9. The van der Waals surface area contributed by atoms with Gasteiger partial charge in [-0.25, -0.2) is 0 Å². The molecule has 1 aliphatic heterocycles. The maximum atomic E-state index is 12.9. The van der Waals surface area contributed by atoms with Gasteiger partial charge < -0.3 is 9.84 Å². The van der Waals surface area contributed by atoms with Gasteiger partial charge in [0.05, 0.1) is 0 Å². The molecule has 2 fully saturated rings. The van der Waals surface area contributed by atoms with Crippen molar-refractivity contribution in [2.24, 2.45) is 0 Å². The second kappa shape index (κ2) is 7.78. The van der Waals surface area contributed by atoms with Gasteiger partial charge in [0.2, 0.25) is 0 Å². The fourth-order valence-corrected chi connectivity index (χ4v) is 5.51. The summed E-state index contributed by atoms with van der Waals surface area (Å²) in [6.07, 6.45) is 1.30. The number of nitrogens with one attached hydrogen (secondary N) is 1. The number of para-hydroxylation sites is 1. The minimum absolute atomic E-state index is 0.0599. The highest BCUT2D eigenvalue weighted by Crippen LogP contribution is 2.52. The van der Waals surface area contributed by atoms with Gasteiger partial charge in [0.1, 0.15) is 17.4 Å². The first-order valence-electron chi connectivity index (χ1n) is 9.70. The topological polar surface area (TPSA) is 95.9 Å². The number of ether oxygens (including phenoxy) is 1. The summed E-state index contributed by atoms with van der Waals surface area (Å²) in [6.45, 7) is 0.580. The van der Waals surface area contributed by atoms with Crippen LogP contribution in [0.4, 0.5) is 0 Å². The monoisotopic (exact) mass is 416 g/mol. The van der Waals surface area contributed by atoms with Crippen molar-refractivity contribution in [3.63, 3.8) is 0 Å². The first kappa shape index (κ1) is 19.9. The van der Waals surface area contributed by atoms with E-state index < -0.39 is 21.7 Å². The van der Waals surface area contributed by atoms with Gasteiger partial charge in [-0.2, -0.15) is 17.4 Å². The number of piperidine rings is 1. The zero-order valence-corrected chi connectivity index (χ0v) is 16.7. The Labute approximate surface area is 170 Å². The SMILES string of the molecule is O=C(O)C1(NS(=O)(=O)N2CCC(Oc3ccccc3)CC2)C[C@H]1c1ccccc1. The first-order chi connectivity index (χ1) is 13.9. The lowest BCUT2D eigenvalue weighted by molar-refractivity contribution is -0.140. The van der Waals surface area contributed by atoms with Crippen LogP contribution in [-0.2, 0) is 15.0 Å². The molecule has 2 atom stereocenters. The maximum Gasteiger partial charge on any atom is 0.325 e. The van der Waals surface area contributed by atoms with Gasteiger partial charge in [0.25, 0.3) is 10.2 Å². The lowest BCUT2D eigenvalue weighted by Gasteiger charge is -2.32. The Bertz CT molecular complexity index is 959. The Morgan fingerprint density at radius 3 is 2.21 bits per heavy atom. The number of nitrogens with zero attached hydrogens (tertiary/aromatic N) is 1. The molecule has 29 heavy (non-hydrogen) atoms. The third-order valence-corrected chi connectivity index (χ3v) is 7.31. The van der Waals surface area contributed by atoms with E-state index in [2.05, 4.69) is 4.72 Å². The van der Waals surface area contributed by atoms with Crippen LogP contribution in [0.1, 0.15) is 30.7 Å². The van der Waals surface area contributed by atoms with Crippen molar-refractivity contribution in [1.82, 2.24) is 9.03 Å². The highest BCUT2D eigenvalue weighted by molar-refractivity contribution is 7.87. The number of carboxylic acids is 1. The largest absolute Gasteiger partial charge is 0.490 e. The Balaban J connectivity index is 1.39. The van der Waals surface area contributed by atoms with Crippen molar-refractivity contribution in [2.75, 3.05) is 13.1 Å². The van der Waals surface area contributed by atoms with Gasteiger partial charge in [-0.1, -0.05) is 48.5 Å². The smallest absolute Gasteiger partial charge is 0.325 e. The fourth-order valence-electron chi connectivity index (χ4n) is 3.92. The molecule has 1 saturated heterocycles. The summed E-state index contributed by atoms with van der Waals surface area (Å²) in [7, 11) is -3.91. The lowest BCUT2D eigenvalue weighted by Crippen LogP contribution is -2.53. The molecule has 8 heteroatoms. The van der Waals surface area contributed by atoms with Gasteiger partial charge in [-0.05, 0) is 37.0 Å². The van der Waals surface area contributed by atoms with Crippen LogP contribution in [0.2, 0.25) is 0 Å². The van der Waals surface area contributed by atoms with Crippen molar-refractivity contribution >= 4 is 16.2 Å². The second-order valence-corrected chi connectivity index (χ2v) is 9.25. The number of carboxylic acid groups (broad SMARTS) is 1. The Morgan fingerprint density at radius 1 is 1.03 bits per heavy atom. The molecule has 1 unspecified atom stereocenters. The number of carbonyl (C=O) groups is 1. The van der Waals surface area contributed by atoms with Crippen LogP contribution in [0, 0.1) is 0 Å². The zero-order chi connectivity index (χ0) is 20.5. The molecular formula is C21H24N2O5S. The normalized spacial score (nSPS) is 25.4. The van der Waals surface area contributed by atoms with E-state index in [0.717, 1.165) is 11.3 Å². The molecule has 7 nitrogen and oxygen atoms in total. The van der Waals surface area contributed by atoms with Crippen LogP contribution in [-0.4, -0.2) is 48.5 Å². The summed E-state index contributed by atoms with van der Waals surface area (Å²) in [5, 5.41) is 9.74. The Morgan fingerprint density at radius 2 is 1.62 bits per heavy atom. The molecule has 1 saturated carbocycles. The van der Waals surface area contributed by atoms with E-state index in [-0.39, 0.29) is 18.4 Å². The third-order valence-electron chi connectivity index (χ3n) is 5.64. The molecule has 0 aromatic heterocycles. The molecule has 0 radical (unpaired) electrons. The molecule has 2 aromatic rings. The lowest BCUT2D eigenvalue weighted by atomic mass is 10.1. The van der Waals surface area contributed by atoms with Gasteiger partial charge in [0, 0.05) is 19.0 Å². The predicted octanol–water partition coefficient (Wildman–Crippen LogP) is 2.38. The van der Waals surface area contributed by atoms with E-state index in [4.69, 9.17) is 4.74 Å². The summed E-state index contributed by atoms with van der Waals surface area (Å²) >= 11 is 0. The van der Waals surface area contributed by atoms with Crippen molar-refractivity contribution in [2.45, 2.75) is 36.8 Å². The standard InChI is InChI=1S/C21H24N2O5S/c24-20(25)21(15-19(21)16-7-3-1-4-8-16)22-29(26,27)23-13-11-18(12-14-23)28-17-9-5-2-6-10-17/h1-10,18-19,22H,11-15H2,(H,24,25)/t19-,21?/m0/s1. The zero-order valence-electron chi connectivity index (χ0n) is 15.9. The van der Waals surface area contributed by atoms with Crippen molar-refractivity contribution in [1.29, 1.82) is 0 Å². The molecule has 1 aliphatic carbocycles. The van der Waals surface area contributed by atoms with Crippen LogP contribution >= 0.6 is 0 Å². The number of hydrogen-bond acceptors (Lipinski definition) is 4. The summed E-state index contributed by atoms with van der Waals surface area (Å²) in [6, 6.07) is 18.6. The minimum atomic E-state index is -3.91. The predicted molar refractivity (Wildman–Crippen MR) is 108 cm³/mol. The summed E-state index contributed by atoms with van der Waals surface area (Å²) in [5.41, 5.74) is -0.648. The molecule has 1 heterocycles. The average molecular weight is 416 g/mol. The Kier molecular flexibility index (Phi) is 5.33. The number of rotatable bonds is 7. The van der Waals surface area contributed by atoms with E-state index in [1.165, 1.54) is 4.31 Å². The summed E-state index contributed by atoms with van der Waals surface area (Å²) in [4.78, 5) is 11.9. The molecule has 0 spiro atoms. The van der Waals surface area contributed by atoms with Crippen LogP contribution in [0.25, 0.3) is 0 Å². The van der Waals surface area contributed by atoms with Gasteiger partial charge in [0.15, 0.2) is 0 Å². The van der Waals surface area contributed by atoms with Crippen LogP contribution < -0.4 is 9.46 Å². The van der Waals surface area contributed by atoms with Crippen LogP contribution in [0.5, 0.6) is 5.75 Å². The average Bonchev–Trinajstić information content (AvgIpc) is 3.45. The molecule has 0 bridgehead atoms. The summed E-state index contributed by atoms with van der Waals surface area (Å²) < 4.78 is 35.5. The van der Waals surface area contributed by atoms with Crippen molar-refractivity contribution in [3.05, 3.63) is 66.2 Å². The van der Waals surface area contributed by atoms with Crippen LogP contribution in [0.3, 0.4) is 0 Å². The van der Waals surface area contributed by atoms with Crippen molar-refractivity contribution in [3.8, 4) is 5.75 Å². The van der Waals surface area contributed by atoms with E-state index in [9.17, 15) is 18.3 Å². The Hall–Kier alpha value is -2.42. The molecule has 0 amide bonds. The van der Waals surface area contributed by atoms with E-state index in [1.54, 1.807) is 0 Å². The fraction of sp³-hybridized carbons (Fsp3) is 0.381. The minimum Gasteiger partial charge on any atom is -0.490 e. The van der Waals surface area contributed by atoms with E-state index >= 15 is 0 Å². The molecule has 4 rings (SSSR count). The van der Waals surface area contributed by atoms with Gasteiger partial charge >= 0.3 is 5.97 Å².